The molecule has 0 aliphatic carbocycles. The molecule has 0 bridgehead atoms. The number of anilines is 1. The summed E-state index contributed by atoms with van der Waals surface area (Å²) in [5, 5.41) is 15.0. The summed E-state index contributed by atoms with van der Waals surface area (Å²) in [7, 11) is 0. The van der Waals surface area contributed by atoms with Gasteiger partial charge in [-0.1, -0.05) is 6.07 Å². The smallest absolute Gasteiger partial charge is 0.269 e. The van der Waals surface area contributed by atoms with Crippen LogP contribution in [0.2, 0.25) is 0 Å². The number of hydrogen-bond acceptors (Lipinski definition) is 5. The van der Waals surface area contributed by atoms with Crippen LogP contribution in [-0.2, 0) is 6.61 Å². The van der Waals surface area contributed by atoms with Gasteiger partial charge in [-0.3, -0.25) is 14.9 Å². The van der Waals surface area contributed by atoms with Gasteiger partial charge in [-0.05, 0) is 48.2 Å². The third kappa shape index (κ3) is 4.68. The Bertz CT molecular complexity index is 986. The van der Waals surface area contributed by atoms with E-state index < -0.39 is 16.6 Å². The average Bonchev–Trinajstić information content (AvgIpc) is 3.12. The number of amides is 1. The maximum absolute atomic E-state index is 13.8. The van der Waals surface area contributed by atoms with E-state index in [1.807, 2.05) is 6.92 Å². The normalized spacial score (nSPS) is 10.4. The molecule has 27 heavy (non-hydrogen) atoms. The lowest BCUT2D eigenvalue weighted by atomic mass is 10.2. The molecule has 3 aromatic rings. The van der Waals surface area contributed by atoms with E-state index in [0.717, 1.165) is 11.1 Å². The van der Waals surface area contributed by atoms with Crippen LogP contribution in [0.15, 0.2) is 53.9 Å². The van der Waals surface area contributed by atoms with E-state index in [1.54, 1.807) is 23.6 Å². The van der Waals surface area contributed by atoms with E-state index in [0.29, 0.717) is 10.6 Å². The lowest BCUT2D eigenvalue weighted by Gasteiger charge is -2.06. The monoisotopic (exact) mass is 386 g/mol. The highest BCUT2D eigenvalue weighted by molar-refractivity contribution is 7.12. The van der Waals surface area contributed by atoms with Crippen LogP contribution in [0.4, 0.5) is 15.8 Å². The van der Waals surface area contributed by atoms with E-state index in [4.69, 9.17) is 4.74 Å². The summed E-state index contributed by atoms with van der Waals surface area (Å²) in [4.78, 5) is 22.9. The standard InChI is InChI=1S/C19H15FN2O4S/c1-12-2-7-16(20)17(8-12)21-19(23)18-9-13(11-27-18)10-26-15-5-3-14(4-6-15)22(24)25/h2-9,11H,10H2,1H3,(H,21,23). The van der Waals surface area contributed by atoms with Gasteiger partial charge in [0.2, 0.25) is 0 Å². The Labute approximate surface area is 158 Å². The number of non-ortho nitro benzene ring substituents is 1. The third-order valence-corrected chi connectivity index (χ3v) is 4.68. The molecule has 0 unspecified atom stereocenters. The molecule has 1 aromatic heterocycles. The van der Waals surface area contributed by atoms with Crippen molar-refractivity contribution in [3.63, 3.8) is 0 Å². The van der Waals surface area contributed by atoms with Crippen LogP contribution in [0.3, 0.4) is 0 Å². The predicted molar refractivity (Wildman–Crippen MR) is 101 cm³/mol. The van der Waals surface area contributed by atoms with E-state index >= 15 is 0 Å². The first-order valence-electron chi connectivity index (χ1n) is 7.94. The van der Waals surface area contributed by atoms with E-state index in [-0.39, 0.29) is 18.0 Å². The molecule has 0 atom stereocenters. The van der Waals surface area contributed by atoms with Gasteiger partial charge in [0.15, 0.2) is 0 Å². The van der Waals surface area contributed by atoms with Gasteiger partial charge in [0.25, 0.3) is 11.6 Å². The van der Waals surface area contributed by atoms with Crippen molar-refractivity contribution < 1.29 is 18.8 Å². The molecule has 8 heteroatoms. The van der Waals surface area contributed by atoms with Crippen molar-refractivity contribution >= 4 is 28.6 Å². The van der Waals surface area contributed by atoms with Crippen molar-refractivity contribution in [1.29, 1.82) is 0 Å². The Morgan fingerprint density at radius 2 is 1.96 bits per heavy atom. The fourth-order valence-corrected chi connectivity index (χ4v) is 3.11. The summed E-state index contributed by atoms with van der Waals surface area (Å²) in [6, 6.07) is 11.9. The lowest BCUT2D eigenvalue weighted by molar-refractivity contribution is -0.384. The number of hydrogen-bond donors (Lipinski definition) is 1. The number of rotatable bonds is 6. The number of thiophene rings is 1. The maximum Gasteiger partial charge on any atom is 0.269 e. The highest BCUT2D eigenvalue weighted by atomic mass is 32.1. The van der Waals surface area contributed by atoms with Crippen LogP contribution in [-0.4, -0.2) is 10.8 Å². The van der Waals surface area contributed by atoms with E-state index in [1.165, 1.54) is 41.7 Å². The quantitative estimate of drug-likeness (QED) is 0.481. The molecule has 0 aliphatic rings. The minimum Gasteiger partial charge on any atom is -0.489 e. The van der Waals surface area contributed by atoms with Crippen molar-refractivity contribution in [3.8, 4) is 5.75 Å². The number of nitro groups is 1. The molecule has 138 valence electrons. The van der Waals surface area contributed by atoms with Crippen LogP contribution in [0.5, 0.6) is 5.75 Å². The molecule has 0 radical (unpaired) electrons. The van der Waals surface area contributed by atoms with Crippen LogP contribution in [0.25, 0.3) is 0 Å². The fourth-order valence-electron chi connectivity index (χ4n) is 2.32. The second kappa shape index (κ2) is 7.96. The van der Waals surface area contributed by atoms with Crippen LogP contribution >= 0.6 is 11.3 Å². The summed E-state index contributed by atoms with van der Waals surface area (Å²) in [6.07, 6.45) is 0. The number of nitro benzene ring substituents is 1. The van der Waals surface area contributed by atoms with Crippen molar-refractivity contribution in [2.45, 2.75) is 13.5 Å². The number of halogens is 1. The summed E-state index contributed by atoms with van der Waals surface area (Å²) in [5.41, 5.74) is 1.74. The number of nitrogens with one attached hydrogen (secondary N) is 1. The van der Waals surface area contributed by atoms with Gasteiger partial charge >= 0.3 is 0 Å². The predicted octanol–water partition coefficient (Wildman–Crippen LogP) is 4.94. The maximum atomic E-state index is 13.8. The van der Waals surface area contributed by atoms with Crippen molar-refractivity contribution in [2.24, 2.45) is 0 Å². The Morgan fingerprint density at radius 1 is 1.22 bits per heavy atom. The third-order valence-electron chi connectivity index (χ3n) is 3.70. The number of benzene rings is 2. The van der Waals surface area contributed by atoms with Crippen LogP contribution in [0.1, 0.15) is 20.8 Å². The Balaban J connectivity index is 1.61. The molecule has 1 amide bonds. The van der Waals surface area contributed by atoms with Crippen LogP contribution < -0.4 is 10.1 Å². The van der Waals surface area contributed by atoms with Gasteiger partial charge in [0.05, 0.1) is 15.5 Å². The average molecular weight is 386 g/mol. The summed E-state index contributed by atoms with van der Waals surface area (Å²) < 4.78 is 19.3. The van der Waals surface area contributed by atoms with Crippen molar-refractivity contribution in [2.75, 3.05) is 5.32 Å². The summed E-state index contributed by atoms with van der Waals surface area (Å²) in [5.74, 6) is -0.405. The van der Waals surface area contributed by atoms with Crippen molar-refractivity contribution in [3.05, 3.63) is 85.8 Å². The van der Waals surface area contributed by atoms with E-state index in [9.17, 15) is 19.3 Å². The first-order valence-corrected chi connectivity index (χ1v) is 8.82. The topological polar surface area (TPSA) is 81.5 Å². The number of ether oxygens (including phenoxy) is 1. The molecular formula is C19H15FN2O4S. The number of nitrogens with zero attached hydrogens (tertiary/aromatic N) is 1. The number of carbonyl (C=O) groups excluding carboxylic acids is 1. The molecule has 0 saturated heterocycles. The molecule has 0 saturated carbocycles. The second-order valence-corrected chi connectivity index (χ2v) is 6.71. The van der Waals surface area contributed by atoms with Gasteiger partial charge in [0.1, 0.15) is 18.2 Å². The molecule has 6 nitrogen and oxygen atoms in total. The highest BCUT2D eigenvalue weighted by Crippen LogP contribution is 2.22. The minimum atomic E-state index is -0.493. The Kier molecular flexibility index (Phi) is 5.46. The zero-order valence-electron chi connectivity index (χ0n) is 14.3. The second-order valence-electron chi connectivity index (χ2n) is 5.80. The van der Waals surface area contributed by atoms with Gasteiger partial charge in [-0.25, -0.2) is 4.39 Å². The molecule has 1 heterocycles. The zero-order valence-corrected chi connectivity index (χ0v) is 15.1. The molecule has 1 N–H and O–H groups in total. The fraction of sp³-hybridized carbons (Fsp3) is 0.105. The van der Waals surface area contributed by atoms with Gasteiger partial charge in [-0.15, -0.1) is 11.3 Å². The van der Waals surface area contributed by atoms with Crippen LogP contribution in [0, 0.1) is 22.9 Å². The molecular weight excluding hydrogens is 371 g/mol. The van der Waals surface area contributed by atoms with Crippen molar-refractivity contribution in [1.82, 2.24) is 0 Å². The van der Waals surface area contributed by atoms with Gasteiger partial charge in [0, 0.05) is 17.7 Å². The first-order chi connectivity index (χ1) is 12.9. The highest BCUT2D eigenvalue weighted by Gasteiger charge is 2.13. The number of carbonyl (C=O) groups is 1. The SMILES string of the molecule is Cc1ccc(F)c(NC(=O)c2cc(COc3ccc([N+](=O)[O-])cc3)cs2)c1. The molecule has 0 aliphatic heterocycles. The van der Waals surface area contributed by atoms with E-state index in [2.05, 4.69) is 5.32 Å². The van der Waals surface area contributed by atoms with Gasteiger partial charge in [-0.2, -0.15) is 0 Å². The zero-order chi connectivity index (χ0) is 19.4. The lowest BCUT2D eigenvalue weighted by Crippen LogP contribution is -2.11. The Hall–Kier alpha value is -3.26. The minimum absolute atomic E-state index is 0.0137. The van der Waals surface area contributed by atoms with Gasteiger partial charge < -0.3 is 10.1 Å². The largest absolute Gasteiger partial charge is 0.489 e. The first kappa shape index (κ1) is 18.5. The molecule has 0 fully saturated rings. The molecule has 2 aromatic carbocycles. The molecule has 0 spiro atoms. The number of aryl methyl sites for hydroxylation is 1. The molecule has 3 rings (SSSR count). The Morgan fingerprint density at radius 3 is 2.67 bits per heavy atom. The summed E-state index contributed by atoms with van der Waals surface area (Å²) in [6.45, 7) is 2.02. The summed E-state index contributed by atoms with van der Waals surface area (Å²) >= 11 is 1.22.